The van der Waals surface area contributed by atoms with Gasteiger partial charge in [-0.05, 0) is 93.7 Å². The summed E-state index contributed by atoms with van der Waals surface area (Å²) in [7, 11) is 0. The summed E-state index contributed by atoms with van der Waals surface area (Å²) in [6, 6.07) is 9.77. The number of fused-ring (bicyclic) bond motifs is 2. The smallest absolute Gasteiger partial charge is 0.415 e. The number of nitro benzene ring substituents is 1. The van der Waals surface area contributed by atoms with Crippen LogP contribution in [0.15, 0.2) is 71.9 Å². The molecule has 15 nitrogen and oxygen atoms in total. The Labute approximate surface area is 333 Å². The summed E-state index contributed by atoms with van der Waals surface area (Å²) < 4.78 is 25.7. The van der Waals surface area contributed by atoms with Gasteiger partial charge in [-0.25, -0.2) is 9.59 Å². The molecular formula is C42H56N4O11. The maximum absolute atomic E-state index is 14.4. The molecule has 2 amide bonds. The van der Waals surface area contributed by atoms with Crippen LogP contribution in [0.4, 0.5) is 15.3 Å². The van der Waals surface area contributed by atoms with Gasteiger partial charge in [-0.2, -0.15) is 0 Å². The molecule has 310 valence electrons. The SMILES string of the molecule is C=CCO[C@@]12Oc3ccc(OC(=O)NCC)cc3[C@H]3[C@H](CCCCO)[C@@H](CCCCO)C=C(C(=NOCC)C[C@@H]1N(CCC)C(=O)Oc1ccc([N+](=O)[O-])cc1)[C@H]32. The van der Waals surface area contributed by atoms with Crippen LogP contribution in [0.25, 0.3) is 0 Å². The summed E-state index contributed by atoms with van der Waals surface area (Å²) in [5.41, 5.74) is 2.16. The molecule has 1 saturated carbocycles. The number of rotatable bonds is 20. The van der Waals surface area contributed by atoms with Gasteiger partial charge in [0, 0.05) is 56.3 Å². The Balaban J connectivity index is 1.74. The van der Waals surface area contributed by atoms with E-state index < -0.39 is 34.9 Å². The van der Waals surface area contributed by atoms with Gasteiger partial charge in [0.25, 0.3) is 5.69 Å². The maximum atomic E-state index is 14.4. The number of oxime groups is 1. The molecule has 0 radical (unpaired) electrons. The van der Waals surface area contributed by atoms with Gasteiger partial charge in [-0.3, -0.25) is 15.0 Å². The van der Waals surface area contributed by atoms with Crippen molar-refractivity contribution in [3.8, 4) is 17.2 Å². The first-order valence-corrected chi connectivity index (χ1v) is 20.0. The van der Waals surface area contributed by atoms with Crippen LogP contribution in [0, 0.1) is 27.9 Å². The Bertz CT molecular complexity index is 1770. The lowest BCUT2D eigenvalue weighted by Gasteiger charge is -2.59. The average molecular weight is 793 g/mol. The molecule has 6 atom stereocenters. The van der Waals surface area contributed by atoms with Crippen LogP contribution >= 0.6 is 0 Å². The first kappa shape index (κ1) is 43.1. The van der Waals surface area contributed by atoms with Crippen molar-refractivity contribution in [3.05, 3.63) is 82.4 Å². The van der Waals surface area contributed by atoms with E-state index in [0.717, 1.165) is 36.8 Å². The number of nitrogens with zero attached hydrogens (tertiary/aromatic N) is 3. The summed E-state index contributed by atoms with van der Waals surface area (Å²) in [4.78, 5) is 45.2. The molecule has 2 aliphatic carbocycles. The fourth-order valence-corrected chi connectivity index (χ4v) is 8.55. The molecule has 3 N–H and O–H groups in total. The van der Waals surface area contributed by atoms with Gasteiger partial charge in [0.1, 0.15) is 29.9 Å². The van der Waals surface area contributed by atoms with E-state index in [0.29, 0.717) is 49.6 Å². The van der Waals surface area contributed by atoms with E-state index in [9.17, 15) is 29.9 Å². The first-order chi connectivity index (χ1) is 27.7. The normalized spacial score (nSPS) is 23.9. The molecule has 0 unspecified atom stereocenters. The van der Waals surface area contributed by atoms with Crippen LogP contribution in [0.5, 0.6) is 17.2 Å². The Hall–Kier alpha value is -4.99. The second kappa shape index (κ2) is 20.4. The van der Waals surface area contributed by atoms with Crippen LogP contribution in [-0.4, -0.2) is 89.3 Å². The number of hydrogen-bond acceptors (Lipinski definition) is 12. The average Bonchev–Trinajstić information content (AvgIpc) is 3.20. The maximum Gasteiger partial charge on any atom is 0.415 e. The molecule has 1 heterocycles. The number of aliphatic hydroxyl groups is 2. The minimum Gasteiger partial charge on any atom is -0.459 e. The standard InChI is InChI=1S/C42H56N4O11/c1-5-21-45(41(50)56-30-17-15-29(16-18-30)46(51)52)37-27-35(44-54-8-4)33-25-28(13-9-11-22-47)32(14-10-12-23-48)38-34-26-31(55-40(49)43-7-3)19-20-36(34)57-42(37,39(33)38)53-24-6-2/h6,15-20,25-26,28,32,37-39,47-48H,2,5,7-14,21-24,27H2,1,3-4H3,(H,43,49)/t28-,32+,37-,38+,39+,42+/m0/s1. The monoisotopic (exact) mass is 792 g/mol. The van der Waals surface area contributed by atoms with E-state index in [-0.39, 0.29) is 62.0 Å². The van der Waals surface area contributed by atoms with Crippen LogP contribution in [0.2, 0.25) is 0 Å². The zero-order valence-electron chi connectivity index (χ0n) is 33.1. The van der Waals surface area contributed by atoms with Crippen molar-refractivity contribution in [1.82, 2.24) is 10.2 Å². The molecule has 5 rings (SSSR count). The highest BCUT2D eigenvalue weighted by Gasteiger charge is 2.65. The predicted octanol–water partition coefficient (Wildman–Crippen LogP) is 7.27. The van der Waals surface area contributed by atoms with Crippen molar-refractivity contribution in [1.29, 1.82) is 0 Å². The number of ether oxygens (including phenoxy) is 4. The van der Waals surface area contributed by atoms with Crippen molar-refractivity contribution in [2.75, 3.05) is 39.5 Å². The molecule has 0 spiro atoms. The highest BCUT2D eigenvalue weighted by molar-refractivity contribution is 6.03. The summed E-state index contributed by atoms with van der Waals surface area (Å²) in [5, 5.41) is 38.3. The molecule has 15 heteroatoms. The lowest BCUT2D eigenvalue weighted by molar-refractivity contribution is -0.384. The number of unbranched alkanes of at least 4 members (excludes halogenated alkanes) is 2. The molecule has 1 aliphatic heterocycles. The van der Waals surface area contributed by atoms with Crippen LogP contribution < -0.4 is 19.5 Å². The Morgan fingerprint density at radius 2 is 1.77 bits per heavy atom. The van der Waals surface area contributed by atoms with Crippen molar-refractivity contribution < 1.29 is 48.5 Å². The van der Waals surface area contributed by atoms with Crippen LogP contribution in [0.1, 0.15) is 83.6 Å². The number of nitro groups is 1. The third-order valence-corrected chi connectivity index (χ3v) is 10.8. The lowest BCUT2D eigenvalue weighted by Crippen LogP contribution is -2.70. The molecule has 2 aromatic carbocycles. The van der Waals surface area contributed by atoms with E-state index in [2.05, 4.69) is 23.1 Å². The Morgan fingerprint density at radius 1 is 1.05 bits per heavy atom. The van der Waals surface area contributed by atoms with E-state index >= 15 is 0 Å². The highest BCUT2D eigenvalue weighted by atomic mass is 16.7. The van der Waals surface area contributed by atoms with Gasteiger partial charge in [0.2, 0.25) is 5.79 Å². The number of aliphatic hydroxyl groups excluding tert-OH is 2. The van der Waals surface area contributed by atoms with Gasteiger partial charge in [-0.15, -0.1) is 6.58 Å². The van der Waals surface area contributed by atoms with Crippen molar-refractivity contribution in [2.45, 2.75) is 89.9 Å². The van der Waals surface area contributed by atoms with Crippen molar-refractivity contribution in [3.63, 3.8) is 0 Å². The number of benzene rings is 2. The molecule has 57 heavy (non-hydrogen) atoms. The Morgan fingerprint density at radius 3 is 2.42 bits per heavy atom. The number of carbonyl (C=O) groups is 2. The topological polar surface area (TPSA) is 192 Å². The number of hydrogen-bond donors (Lipinski definition) is 3. The minimum atomic E-state index is -1.51. The third-order valence-electron chi connectivity index (χ3n) is 10.8. The number of nitrogens with one attached hydrogen (secondary N) is 1. The fourth-order valence-electron chi connectivity index (χ4n) is 8.55. The highest BCUT2D eigenvalue weighted by Crippen LogP contribution is 2.62. The zero-order chi connectivity index (χ0) is 41.0. The van der Waals surface area contributed by atoms with Gasteiger partial charge < -0.3 is 39.3 Å². The number of non-ortho nitro benzene ring substituents is 1. The van der Waals surface area contributed by atoms with Crippen LogP contribution in [-0.2, 0) is 9.57 Å². The molecular weight excluding hydrogens is 736 g/mol. The lowest BCUT2D eigenvalue weighted by atomic mass is 9.55. The van der Waals surface area contributed by atoms with Crippen LogP contribution in [0.3, 0.4) is 0 Å². The second-order valence-corrected chi connectivity index (χ2v) is 14.4. The number of allylic oxidation sites excluding steroid dienone is 1. The van der Waals surface area contributed by atoms with Gasteiger partial charge in [0.05, 0.1) is 23.2 Å². The quantitative estimate of drug-likeness (QED) is 0.0529. The molecule has 2 aromatic rings. The zero-order valence-corrected chi connectivity index (χ0v) is 33.1. The fraction of sp³-hybridized carbons (Fsp3) is 0.548. The molecule has 0 bridgehead atoms. The number of carbonyl (C=O) groups excluding carboxylic acids is 2. The van der Waals surface area contributed by atoms with Crippen molar-refractivity contribution >= 4 is 23.6 Å². The molecule has 3 aliphatic rings. The van der Waals surface area contributed by atoms with E-state index in [4.69, 9.17) is 23.8 Å². The first-order valence-electron chi connectivity index (χ1n) is 20.0. The second-order valence-electron chi connectivity index (χ2n) is 14.4. The summed E-state index contributed by atoms with van der Waals surface area (Å²) in [6.45, 7) is 10.7. The minimum absolute atomic E-state index is 0.0183. The largest absolute Gasteiger partial charge is 0.459 e. The molecule has 0 saturated heterocycles. The van der Waals surface area contributed by atoms with Gasteiger partial charge in [-0.1, -0.05) is 37.1 Å². The summed E-state index contributed by atoms with van der Waals surface area (Å²) in [5.74, 6) is -1.45. The van der Waals surface area contributed by atoms with Crippen molar-refractivity contribution in [2.24, 2.45) is 22.9 Å². The van der Waals surface area contributed by atoms with E-state index in [1.807, 2.05) is 19.9 Å². The predicted molar refractivity (Wildman–Crippen MR) is 212 cm³/mol. The summed E-state index contributed by atoms with van der Waals surface area (Å²) in [6.07, 6.45) is 7.58. The number of amides is 2. The van der Waals surface area contributed by atoms with E-state index in [1.54, 1.807) is 30.0 Å². The molecule has 1 fully saturated rings. The summed E-state index contributed by atoms with van der Waals surface area (Å²) >= 11 is 0. The third kappa shape index (κ3) is 9.77. The Kier molecular flexibility index (Phi) is 15.5. The van der Waals surface area contributed by atoms with E-state index in [1.165, 1.54) is 24.3 Å². The van der Waals surface area contributed by atoms with Gasteiger partial charge in [0.15, 0.2) is 0 Å². The van der Waals surface area contributed by atoms with Gasteiger partial charge >= 0.3 is 12.2 Å². The molecule has 0 aromatic heterocycles.